The number of hydrazine groups is 1. The van der Waals surface area contributed by atoms with Crippen molar-refractivity contribution in [1.82, 2.24) is 9.58 Å². The molecule has 32 heavy (non-hydrogen) atoms. The van der Waals surface area contributed by atoms with Gasteiger partial charge >= 0.3 is 0 Å². The van der Waals surface area contributed by atoms with Crippen molar-refractivity contribution < 1.29 is 1.43 Å². The van der Waals surface area contributed by atoms with Crippen molar-refractivity contribution in [3.05, 3.63) is 126 Å². The second-order valence-electron chi connectivity index (χ2n) is 8.87. The summed E-state index contributed by atoms with van der Waals surface area (Å²) in [5.74, 6) is 0. The normalized spacial score (nSPS) is 16.0. The Morgan fingerprint density at radius 1 is 0.781 bits per heavy atom. The molecule has 0 atom stereocenters. The first-order valence-corrected chi connectivity index (χ1v) is 11.6. The number of para-hydroxylation sites is 1. The number of nitrogens with zero attached hydrogens (tertiary/aromatic N) is 2. The van der Waals surface area contributed by atoms with Crippen LogP contribution in [-0.4, -0.2) is 22.7 Å². The molecule has 1 aliphatic heterocycles. The highest BCUT2D eigenvalue weighted by Crippen LogP contribution is 2.43. The SMILES string of the molecule is Cc1ccn(Cc2ccccc2)c1C1(c2ccccc2)CCN(Nc2ccccc2)CC1.[HH]. The molecule has 164 valence electrons. The van der Waals surface area contributed by atoms with Crippen LogP contribution in [0.3, 0.4) is 0 Å². The predicted octanol–water partition coefficient (Wildman–Crippen LogP) is 6.50. The molecule has 0 radical (unpaired) electrons. The fourth-order valence-electron chi connectivity index (χ4n) is 5.26. The van der Waals surface area contributed by atoms with E-state index in [1.165, 1.54) is 22.4 Å². The average Bonchev–Trinajstić information content (AvgIpc) is 3.22. The number of benzene rings is 3. The number of aryl methyl sites for hydroxylation is 1. The smallest absolute Gasteiger partial charge is 0.0490 e. The molecule has 2 heterocycles. The van der Waals surface area contributed by atoms with Crippen molar-refractivity contribution in [2.75, 3.05) is 18.5 Å². The molecule has 3 heteroatoms. The summed E-state index contributed by atoms with van der Waals surface area (Å²) in [5, 5.41) is 2.37. The van der Waals surface area contributed by atoms with Gasteiger partial charge in [0, 0.05) is 44.1 Å². The summed E-state index contributed by atoms with van der Waals surface area (Å²) in [7, 11) is 0. The lowest BCUT2D eigenvalue weighted by Gasteiger charge is -2.43. The van der Waals surface area contributed by atoms with Crippen LogP contribution in [0, 0.1) is 6.92 Å². The average molecular weight is 424 g/mol. The van der Waals surface area contributed by atoms with Crippen LogP contribution in [0.4, 0.5) is 5.69 Å². The lowest BCUT2D eigenvalue weighted by atomic mass is 9.69. The Balaban J connectivity index is 0.00000259. The highest BCUT2D eigenvalue weighted by molar-refractivity contribution is 5.44. The second kappa shape index (κ2) is 9.05. The molecule has 3 aromatic carbocycles. The summed E-state index contributed by atoms with van der Waals surface area (Å²) in [4.78, 5) is 0. The van der Waals surface area contributed by atoms with Gasteiger partial charge in [-0.25, -0.2) is 5.01 Å². The van der Waals surface area contributed by atoms with Gasteiger partial charge < -0.3 is 9.99 Å². The molecule has 0 amide bonds. The number of anilines is 1. The zero-order chi connectivity index (χ0) is 21.8. The van der Waals surface area contributed by atoms with Crippen LogP contribution in [0.1, 0.15) is 36.7 Å². The molecule has 0 saturated carbocycles. The van der Waals surface area contributed by atoms with Gasteiger partial charge in [0.2, 0.25) is 0 Å². The van der Waals surface area contributed by atoms with Gasteiger partial charge in [0.15, 0.2) is 0 Å². The Labute approximate surface area is 192 Å². The number of hydrogen-bond donors (Lipinski definition) is 1. The third kappa shape index (κ3) is 4.09. The Hall–Kier alpha value is -3.30. The zero-order valence-corrected chi connectivity index (χ0v) is 18.7. The first kappa shape index (κ1) is 20.6. The number of nitrogens with one attached hydrogen (secondary N) is 1. The molecule has 3 nitrogen and oxygen atoms in total. The molecule has 0 spiro atoms. The van der Waals surface area contributed by atoms with Crippen LogP contribution < -0.4 is 5.43 Å². The van der Waals surface area contributed by atoms with Crippen LogP contribution >= 0.6 is 0 Å². The Kier molecular flexibility index (Phi) is 5.83. The van der Waals surface area contributed by atoms with Crippen LogP contribution in [0.2, 0.25) is 0 Å². The molecule has 1 saturated heterocycles. The first-order chi connectivity index (χ1) is 15.7. The summed E-state index contributed by atoms with van der Waals surface area (Å²) >= 11 is 0. The first-order valence-electron chi connectivity index (χ1n) is 11.6. The van der Waals surface area contributed by atoms with Gasteiger partial charge in [0.25, 0.3) is 0 Å². The van der Waals surface area contributed by atoms with Crippen molar-refractivity contribution in [2.45, 2.75) is 31.7 Å². The molecule has 5 rings (SSSR count). The summed E-state index contributed by atoms with van der Waals surface area (Å²) in [6, 6.07) is 34.7. The predicted molar refractivity (Wildman–Crippen MR) is 135 cm³/mol. The zero-order valence-electron chi connectivity index (χ0n) is 18.7. The second-order valence-corrected chi connectivity index (χ2v) is 8.87. The molecule has 1 N–H and O–H groups in total. The lowest BCUT2D eigenvalue weighted by molar-refractivity contribution is 0.204. The number of hydrogen-bond acceptors (Lipinski definition) is 2. The van der Waals surface area contributed by atoms with Crippen molar-refractivity contribution in [3.63, 3.8) is 0 Å². The van der Waals surface area contributed by atoms with E-state index in [1.54, 1.807) is 0 Å². The molecule has 1 fully saturated rings. The van der Waals surface area contributed by atoms with Gasteiger partial charge in [-0.05, 0) is 54.7 Å². The number of rotatable bonds is 6. The Morgan fingerprint density at radius 2 is 1.38 bits per heavy atom. The minimum Gasteiger partial charge on any atom is -0.346 e. The van der Waals surface area contributed by atoms with Crippen molar-refractivity contribution >= 4 is 5.69 Å². The highest BCUT2D eigenvalue weighted by atomic mass is 15.5. The van der Waals surface area contributed by atoms with E-state index in [0.717, 1.165) is 38.2 Å². The van der Waals surface area contributed by atoms with E-state index in [4.69, 9.17) is 0 Å². The van der Waals surface area contributed by atoms with Gasteiger partial charge in [0.05, 0.1) is 0 Å². The van der Waals surface area contributed by atoms with Gasteiger partial charge in [0.1, 0.15) is 0 Å². The summed E-state index contributed by atoms with van der Waals surface area (Å²) in [6.07, 6.45) is 4.43. The minimum absolute atomic E-state index is 0. The van der Waals surface area contributed by atoms with E-state index < -0.39 is 0 Å². The van der Waals surface area contributed by atoms with E-state index in [9.17, 15) is 0 Å². The van der Waals surface area contributed by atoms with E-state index in [2.05, 4.69) is 125 Å². The van der Waals surface area contributed by atoms with E-state index in [0.29, 0.717) is 0 Å². The van der Waals surface area contributed by atoms with Crippen molar-refractivity contribution in [2.24, 2.45) is 0 Å². The van der Waals surface area contributed by atoms with E-state index in [-0.39, 0.29) is 6.84 Å². The molecular weight excluding hydrogens is 390 g/mol. The Bertz CT molecular complexity index is 1130. The summed E-state index contributed by atoms with van der Waals surface area (Å²) in [5.41, 5.74) is 10.4. The van der Waals surface area contributed by atoms with Crippen LogP contribution in [0.15, 0.2) is 103 Å². The van der Waals surface area contributed by atoms with Crippen molar-refractivity contribution in [1.29, 1.82) is 0 Å². The largest absolute Gasteiger partial charge is 0.346 e. The van der Waals surface area contributed by atoms with Gasteiger partial charge in [-0.1, -0.05) is 78.9 Å². The van der Waals surface area contributed by atoms with Gasteiger partial charge in [-0.15, -0.1) is 0 Å². The van der Waals surface area contributed by atoms with Crippen LogP contribution in [0.25, 0.3) is 0 Å². The third-order valence-electron chi connectivity index (χ3n) is 6.82. The monoisotopic (exact) mass is 423 g/mol. The molecule has 1 aliphatic rings. The lowest BCUT2D eigenvalue weighted by Crippen LogP contribution is -2.46. The summed E-state index contributed by atoms with van der Waals surface area (Å²) < 4.78 is 2.48. The van der Waals surface area contributed by atoms with Gasteiger partial charge in [-0.3, -0.25) is 0 Å². The van der Waals surface area contributed by atoms with Crippen LogP contribution in [-0.2, 0) is 12.0 Å². The topological polar surface area (TPSA) is 20.2 Å². The maximum absolute atomic E-state index is 3.61. The molecule has 0 bridgehead atoms. The van der Waals surface area contributed by atoms with E-state index in [1.807, 2.05) is 0 Å². The minimum atomic E-state index is 0. The van der Waals surface area contributed by atoms with Crippen molar-refractivity contribution in [3.8, 4) is 0 Å². The number of piperidine rings is 1. The molecule has 1 aromatic heterocycles. The fourth-order valence-corrected chi connectivity index (χ4v) is 5.26. The fraction of sp³-hybridized carbons (Fsp3) is 0.241. The van der Waals surface area contributed by atoms with Crippen LogP contribution in [0.5, 0.6) is 0 Å². The van der Waals surface area contributed by atoms with E-state index >= 15 is 0 Å². The number of aromatic nitrogens is 1. The maximum atomic E-state index is 3.61. The molecule has 0 aliphatic carbocycles. The third-order valence-corrected chi connectivity index (χ3v) is 6.82. The molecule has 4 aromatic rings. The molecular formula is C29H33N3. The summed E-state index contributed by atoms with van der Waals surface area (Å²) in [6.45, 7) is 5.18. The maximum Gasteiger partial charge on any atom is 0.0490 e. The quantitative estimate of drug-likeness (QED) is 0.382. The van der Waals surface area contributed by atoms with Gasteiger partial charge in [-0.2, -0.15) is 0 Å². The Morgan fingerprint density at radius 3 is 2.03 bits per heavy atom. The standard InChI is InChI=1S/C29H31N3.H2/c1-24-17-20-31(23-25-11-5-2-6-12-25)28(24)29(26-13-7-3-8-14-26)18-21-32(22-19-29)30-27-15-9-4-10-16-27;/h2-17,20,30H,18-19,21-23H2,1H3;1H. The molecule has 0 unspecified atom stereocenters. The highest BCUT2D eigenvalue weighted by Gasteiger charge is 2.41.